The van der Waals surface area contributed by atoms with Crippen LogP contribution in [0.25, 0.3) is 0 Å². The normalized spacial score (nSPS) is 10.0. The third-order valence-electron chi connectivity index (χ3n) is 3.43. The van der Waals surface area contributed by atoms with Crippen molar-refractivity contribution < 1.29 is 14.3 Å². The highest BCUT2D eigenvalue weighted by Crippen LogP contribution is 2.12. The van der Waals surface area contributed by atoms with Gasteiger partial charge < -0.3 is 19.9 Å². The Morgan fingerprint density at radius 3 is 2.23 bits per heavy atom. The van der Waals surface area contributed by atoms with Gasteiger partial charge in [-0.25, -0.2) is 4.79 Å². The van der Waals surface area contributed by atoms with Crippen LogP contribution in [0.2, 0.25) is 0 Å². The van der Waals surface area contributed by atoms with Gasteiger partial charge in [-0.3, -0.25) is 4.79 Å². The fraction of sp³-hybridized carbons (Fsp3) is 0.500. The van der Waals surface area contributed by atoms with E-state index in [2.05, 4.69) is 5.32 Å². The molecule has 0 spiro atoms. The molecule has 3 amide bonds. The number of benzene rings is 1. The first-order chi connectivity index (χ1) is 10.5. The summed E-state index contributed by atoms with van der Waals surface area (Å²) in [4.78, 5) is 27.1. The van der Waals surface area contributed by atoms with E-state index in [1.807, 2.05) is 38.1 Å². The Kier molecular flexibility index (Phi) is 7.22. The molecule has 0 saturated heterocycles. The monoisotopic (exact) mass is 307 g/mol. The van der Waals surface area contributed by atoms with Crippen molar-refractivity contribution in [2.45, 2.75) is 20.4 Å². The largest absolute Gasteiger partial charge is 0.497 e. The van der Waals surface area contributed by atoms with Gasteiger partial charge in [-0.15, -0.1) is 0 Å². The highest BCUT2D eigenvalue weighted by atomic mass is 16.5. The third-order valence-corrected chi connectivity index (χ3v) is 3.43. The van der Waals surface area contributed by atoms with E-state index in [0.717, 1.165) is 11.3 Å². The third kappa shape index (κ3) is 5.27. The molecule has 6 heteroatoms. The first kappa shape index (κ1) is 17.8. The minimum atomic E-state index is -0.267. The van der Waals surface area contributed by atoms with Crippen molar-refractivity contribution in [1.82, 2.24) is 15.1 Å². The number of ether oxygens (including phenoxy) is 1. The molecule has 0 aliphatic carbocycles. The number of likely N-dealkylation sites (N-methyl/N-ethyl adjacent to an activating group) is 1. The number of amides is 3. The molecule has 0 saturated carbocycles. The Morgan fingerprint density at radius 1 is 1.14 bits per heavy atom. The van der Waals surface area contributed by atoms with Crippen LogP contribution in [0.1, 0.15) is 19.4 Å². The first-order valence-electron chi connectivity index (χ1n) is 7.41. The zero-order valence-electron chi connectivity index (χ0n) is 13.8. The van der Waals surface area contributed by atoms with Crippen LogP contribution in [0, 0.1) is 0 Å². The average Bonchev–Trinajstić information content (AvgIpc) is 2.54. The minimum absolute atomic E-state index is 0.0213. The molecule has 0 fully saturated rings. The molecule has 1 aromatic rings. The van der Waals surface area contributed by atoms with Gasteiger partial charge in [0, 0.05) is 26.7 Å². The number of nitrogens with zero attached hydrogens (tertiary/aromatic N) is 2. The molecule has 22 heavy (non-hydrogen) atoms. The van der Waals surface area contributed by atoms with Gasteiger partial charge in [-0.05, 0) is 31.5 Å². The molecule has 1 aromatic carbocycles. The lowest BCUT2D eigenvalue weighted by atomic mass is 10.2. The van der Waals surface area contributed by atoms with Crippen molar-refractivity contribution in [2.24, 2.45) is 0 Å². The molecule has 0 aromatic heterocycles. The second-order valence-electron chi connectivity index (χ2n) is 4.93. The van der Waals surface area contributed by atoms with Gasteiger partial charge in [-0.2, -0.15) is 0 Å². The maximum absolute atomic E-state index is 12.0. The van der Waals surface area contributed by atoms with Crippen LogP contribution in [-0.4, -0.2) is 55.5 Å². The SMILES string of the molecule is CCN(CC)C(=O)CNC(=O)N(C)Cc1ccc(OC)cc1. The minimum Gasteiger partial charge on any atom is -0.497 e. The van der Waals surface area contributed by atoms with Crippen LogP contribution in [0.3, 0.4) is 0 Å². The highest BCUT2D eigenvalue weighted by molar-refractivity contribution is 5.83. The van der Waals surface area contributed by atoms with E-state index in [0.29, 0.717) is 19.6 Å². The number of rotatable bonds is 7. The smallest absolute Gasteiger partial charge is 0.317 e. The van der Waals surface area contributed by atoms with Crippen molar-refractivity contribution in [3.8, 4) is 5.75 Å². The molecule has 122 valence electrons. The molecular formula is C16H25N3O3. The van der Waals surface area contributed by atoms with Gasteiger partial charge in [0.15, 0.2) is 0 Å². The summed E-state index contributed by atoms with van der Waals surface area (Å²) >= 11 is 0. The molecular weight excluding hydrogens is 282 g/mol. The van der Waals surface area contributed by atoms with E-state index in [1.54, 1.807) is 19.1 Å². The van der Waals surface area contributed by atoms with Crippen molar-refractivity contribution in [1.29, 1.82) is 0 Å². The summed E-state index contributed by atoms with van der Waals surface area (Å²) < 4.78 is 5.10. The number of urea groups is 1. The Hall–Kier alpha value is -2.24. The lowest BCUT2D eigenvalue weighted by Gasteiger charge is -2.21. The number of methoxy groups -OCH3 is 1. The predicted octanol–water partition coefficient (Wildman–Crippen LogP) is 1.70. The van der Waals surface area contributed by atoms with E-state index in [9.17, 15) is 9.59 Å². The van der Waals surface area contributed by atoms with Crippen LogP contribution < -0.4 is 10.1 Å². The van der Waals surface area contributed by atoms with Crippen molar-refractivity contribution >= 4 is 11.9 Å². The van der Waals surface area contributed by atoms with E-state index in [1.165, 1.54) is 4.90 Å². The summed E-state index contributed by atoms with van der Waals surface area (Å²) in [6.07, 6.45) is 0. The number of hydrogen-bond acceptors (Lipinski definition) is 3. The summed E-state index contributed by atoms with van der Waals surface area (Å²) in [5.41, 5.74) is 0.994. The van der Waals surface area contributed by atoms with Crippen molar-refractivity contribution in [3.63, 3.8) is 0 Å². The van der Waals surface area contributed by atoms with Gasteiger partial charge in [0.1, 0.15) is 5.75 Å². The molecule has 0 unspecified atom stereocenters. The van der Waals surface area contributed by atoms with Gasteiger partial charge in [0.25, 0.3) is 0 Å². The number of carbonyl (C=O) groups is 2. The highest BCUT2D eigenvalue weighted by Gasteiger charge is 2.13. The van der Waals surface area contributed by atoms with E-state index in [-0.39, 0.29) is 18.5 Å². The van der Waals surface area contributed by atoms with Gasteiger partial charge in [-0.1, -0.05) is 12.1 Å². The Morgan fingerprint density at radius 2 is 1.73 bits per heavy atom. The molecule has 1 N–H and O–H groups in total. The summed E-state index contributed by atoms with van der Waals surface area (Å²) in [6.45, 7) is 5.61. The van der Waals surface area contributed by atoms with E-state index < -0.39 is 0 Å². The van der Waals surface area contributed by atoms with Gasteiger partial charge >= 0.3 is 6.03 Å². The lowest BCUT2D eigenvalue weighted by molar-refractivity contribution is -0.129. The predicted molar refractivity (Wildman–Crippen MR) is 85.8 cm³/mol. The molecule has 0 atom stereocenters. The van der Waals surface area contributed by atoms with Crippen LogP contribution >= 0.6 is 0 Å². The molecule has 0 heterocycles. The summed E-state index contributed by atoms with van der Waals surface area (Å²) in [5.74, 6) is 0.705. The Labute approximate surface area is 132 Å². The van der Waals surface area contributed by atoms with Gasteiger partial charge in [0.2, 0.25) is 5.91 Å². The Balaban J connectivity index is 2.45. The second kappa shape index (κ2) is 8.92. The quantitative estimate of drug-likeness (QED) is 0.834. The topological polar surface area (TPSA) is 61.9 Å². The van der Waals surface area contributed by atoms with Crippen LogP contribution in [0.4, 0.5) is 4.79 Å². The number of nitrogens with one attached hydrogen (secondary N) is 1. The second-order valence-corrected chi connectivity index (χ2v) is 4.93. The fourth-order valence-electron chi connectivity index (χ4n) is 2.05. The maximum Gasteiger partial charge on any atom is 0.317 e. The zero-order chi connectivity index (χ0) is 16.5. The molecule has 0 aliphatic rings. The zero-order valence-corrected chi connectivity index (χ0v) is 13.8. The summed E-state index contributed by atoms with van der Waals surface area (Å²) in [5, 5.41) is 2.65. The van der Waals surface area contributed by atoms with Crippen molar-refractivity contribution in [2.75, 3.05) is 33.8 Å². The van der Waals surface area contributed by atoms with Crippen LogP contribution in [0.15, 0.2) is 24.3 Å². The number of carbonyl (C=O) groups excluding carboxylic acids is 2. The standard InChI is InChI=1S/C16H25N3O3/c1-5-19(6-2)15(20)11-17-16(21)18(3)12-13-7-9-14(22-4)10-8-13/h7-10H,5-6,11-12H2,1-4H3,(H,17,21). The first-order valence-corrected chi connectivity index (χ1v) is 7.41. The summed E-state index contributed by atoms with van der Waals surface area (Å²) in [7, 11) is 3.31. The number of hydrogen-bond donors (Lipinski definition) is 1. The van der Waals surface area contributed by atoms with E-state index >= 15 is 0 Å². The van der Waals surface area contributed by atoms with Crippen LogP contribution in [-0.2, 0) is 11.3 Å². The summed E-state index contributed by atoms with van der Waals surface area (Å²) in [6, 6.07) is 7.25. The average molecular weight is 307 g/mol. The molecule has 0 aliphatic heterocycles. The fourth-order valence-corrected chi connectivity index (χ4v) is 2.05. The maximum atomic E-state index is 12.0. The van der Waals surface area contributed by atoms with Crippen LogP contribution in [0.5, 0.6) is 5.75 Å². The molecule has 6 nitrogen and oxygen atoms in total. The molecule has 0 radical (unpaired) electrons. The van der Waals surface area contributed by atoms with Crippen molar-refractivity contribution in [3.05, 3.63) is 29.8 Å². The Bertz CT molecular complexity index is 484. The lowest BCUT2D eigenvalue weighted by Crippen LogP contribution is -2.44. The molecule has 0 bridgehead atoms. The van der Waals surface area contributed by atoms with E-state index in [4.69, 9.17) is 4.74 Å². The molecule has 1 rings (SSSR count). The van der Waals surface area contributed by atoms with Gasteiger partial charge in [0.05, 0.1) is 13.7 Å².